The minimum absolute atomic E-state index is 0.896. The summed E-state index contributed by atoms with van der Waals surface area (Å²) in [5.41, 5.74) is 17.8. The van der Waals surface area contributed by atoms with E-state index in [1.165, 1.54) is 49.3 Å². The predicted molar refractivity (Wildman–Crippen MR) is 282 cm³/mol. The van der Waals surface area contributed by atoms with Crippen molar-refractivity contribution >= 4 is 71.6 Å². The number of furan rings is 1. The van der Waals surface area contributed by atoms with Gasteiger partial charge in [-0.3, -0.25) is 0 Å². The maximum absolute atomic E-state index is 6.21. The van der Waals surface area contributed by atoms with Crippen molar-refractivity contribution in [3.63, 3.8) is 0 Å². The zero-order valence-corrected chi connectivity index (χ0v) is 36.6. The quantitative estimate of drug-likeness (QED) is 0.152. The molecular weight excluding hydrogens is 813 g/mol. The summed E-state index contributed by atoms with van der Waals surface area (Å²) in [7, 11) is 0. The SMILES string of the molecule is c1ccc(-c2cccc3cccc(-c4ccccc4N(c4ccc(-c5ccc6oc7ccccc7c6c5)cc4)c4ccccc4-c4ccc5c6ccccc6n(-c6ccccc6)c5c4)c23)cc1. The molecule has 3 nitrogen and oxygen atoms in total. The number of anilines is 3. The van der Waals surface area contributed by atoms with E-state index < -0.39 is 0 Å². The molecule has 3 heteroatoms. The summed E-state index contributed by atoms with van der Waals surface area (Å²) >= 11 is 0. The summed E-state index contributed by atoms with van der Waals surface area (Å²) in [5.74, 6) is 0. The van der Waals surface area contributed by atoms with Crippen molar-refractivity contribution in [1.82, 2.24) is 4.57 Å². The average molecular weight is 855 g/mol. The lowest BCUT2D eigenvalue weighted by Crippen LogP contribution is -2.12. The zero-order valence-electron chi connectivity index (χ0n) is 36.6. The third-order valence-corrected chi connectivity index (χ3v) is 13.4. The molecule has 314 valence electrons. The molecule has 11 aromatic carbocycles. The fourth-order valence-electron chi connectivity index (χ4n) is 10.3. The van der Waals surface area contributed by atoms with Gasteiger partial charge in [-0.25, -0.2) is 0 Å². The van der Waals surface area contributed by atoms with E-state index in [1.807, 2.05) is 12.1 Å². The van der Waals surface area contributed by atoms with Gasteiger partial charge in [-0.1, -0.05) is 188 Å². The molecule has 2 aromatic heterocycles. The molecule has 0 amide bonds. The summed E-state index contributed by atoms with van der Waals surface area (Å²) in [4.78, 5) is 2.46. The van der Waals surface area contributed by atoms with Crippen molar-refractivity contribution in [1.29, 1.82) is 0 Å². The van der Waals surface area contributed by atoms with E-state index in [1.54, 1.807) is 0 Å². The van der Waals surface area contributed by atoms with Crippen LogP contribution in [0.1, 0.15) is 0 Å². The molecule has 67 heavy (non-hydrogen) atoms. The Bertz CT molecular complexity index is 3970. The number of aromatic nitrogens is 1. The Kier molecular flexibility index (Phi) is 9.17. The van der Waals surface area contributed by atoms with Crippen LogP contribution in [-0.2, 0) is 0 Å². The van der Waals surface area contributed by atoms with Crippen LogP contribution in [0.15, 0.2) is 259 Å². The first-order chi connectivity index (χ1) is 33.2. The van der Waals surface area contributed by atoms with Gasteiger partial charge in [0.1, 0.15) is 11.2 Å². The van der Waals surface area contributed by atoms with E-state index in [4.69, 9.17) is 4.42 Å². The summed E-state index contributed by atoms with van der Waals surface area (Å²) in [6.45, 7) is 0. The second-order valence-electron chi connectivity index (χ2n) is 17.2. The summed E-state index contributed by atoms with van der Waals surface area (Å²) < 4.78 is 8.61. The molecule has 0 unspecified atom stereocenters. The van der Waals surface area contributed by atoms with Gasteiger partial charge in [0.25, 0.3) is 0 Å². The molecule has 0 saturated carbocycles. The third kappa shape index (κ3) is 6.51. The zero-order chi connectivity index (χ0) is 44.3. The van der Waals surface area contributed by atoms with Gasteiger partial charge in [0, 0.05) is 44.0 Å². The number of para-hydroxylation sites is 5. The largest absolute Gasteiger partial charge is 0.456 e. The van der Waals surface area contributed by atoms with Crippen LogP contribution in [0.4, 0.5) is 17.1 Å². The third-order valence-electron chi connectivity index (χ3n) is 13.4. The molecular formula is C64H42N2O. The molecule has 0 saturated heterocycles. The lowest BCUT2D eigenvalue weighted by molar-refractivity contribution is 0.669. The number of hydrogen-bond donors (Lipinski definition) is 0. The monoisotopic (exact) mass is 854 g/mol. The minimum atomic E-state index is 0.896. The van der Waals surface area contributed by atoms with Crippen molar-refractivity contribution in [2.75, 3.05) is 4.90 Å². The predicted octanol–water partition coefficient (Wildman–Crippen LogP) is 18.0. The highest BCUT2D eigenvalue weighted by Gasteiger charge is 2.23. The Morgan fingerprint density at radius 1 is 0.313 bits per heavy atom. The number of nitrogens with zero attached hydrogens (tertiary/aromatic N) is 2. The molecule has 0 spiro atoms. The minimum Gasteiger partial charge on any atom is -0.456 e. The van der Waals surface area contributed by atoms with E-state index in [0.717, 1.165) is 72.5 Å². The summed E-state index contributed by atoms with van der Waals surface area (Å²) in [5, 5.41) is 7.15. The summed E-state index contributed by atoms with van der Waals surface area (Å²) in [6, 6.07) is 92.1. The van der Waals surface area contributed by atoms with E-state index in [2.05, 4.69) is 252 Å². The topological polar surface area (TPSA) is 21.3 Å². The van der Waals surface area contributed by atoms with Crippen molar-refractivity contribution < 1.29 is 4.42 Å². The number of benzene rings is 11. The first kappa shape index (κ1) is 38.5. The molecule has 0 N–H and O–H groups in total. The molecule has 2 heterocycles. The Hall–Kier alpha value is -8.92. The van der Waals surface area contributed by atoms with Crippen LogP contribution in [-0.4, -0.2) is 4.57 Å². The maximum Gasteiger partial charge on any atom is 0.135 e. The Morgan fingerprint density at radius 2 is 0.896 bits per heavy atom. The van der Waals surface area contributed by atoms with Gasteiger partial charge >= 0.3 is 0 Å². The second kappa shape index (κ2) is 16.0. The average Bonchev–Trinajstić information content (AvgIpc) is 3.94. The molecule has 0 bridgehead atoms. The van der Waals surface area contributed by atoms with Crippen LogP contribution in [0.2, 0.25) is 0 Å². The highest BCUT2D eigenvalue weighted by molar-refractivity contribution is 6.12. The summed E-state index contributed by atoms with van der Waals surface area (Å²) in [6.07, 6.45) is 0. The second-order valence-corrected chi connectivity index (χ2v) is 17.2. The van der Waals surface area contributed by atoms with Crippen LogP contribution < -0.4 is 4.90 Å². The lowest BCUT2D eigenvalue weighted by atomic mass is 9.90. The van der Waals surface area contributed by atoms with Gasteiger partial charge in [0.05, 0.1) is 22.4 Å². The van der Waals surface area contributed by atoms with Crippen LogP contribution in [0.25, 0.3) is 105 Å². The van der Waals surface area contributed by atoms with E-state index in [9.17, 15) is 0 Å². The van der Waals surface area contributed by atoms with Gasteiger partial charge in [-0.05, 0) is 111 Å². The van der Waals surface area contributed by atoms with E-state index in [0.29, 0.717) is 0 Å². The van der Waals surface area contributed by atoms with Gasteiger partial charge in [0.15, 0.2) is 0 Å². The highest BCUT2D eigenvalue weighted by atomic mass is 16.3. The lowest BCUT2D eigenvalue weighted by Gasteiger charge is -2.30. The van der Waals surface area contributed by atoms with Crippen molar-refractivity contribution in [3.8, 4) is 50.2 Å². The van der Waals surface area contributed by atoms with Gasteiger partial charge in [0.2, 0.25) is 0 Å². The van der Waals surface area contributed by atoms with Crippen molar-refractivity contribution in [2.24, 2.45) is 0 Å². The smallest absolute Gasteiger partial charge is 0.135 e. The van der Waals surface area contributed by atoms with E-state index in [-0.39, 0.29) is 0 Å². The van der Waals surface area contributed by atoms with E-state index >= 15 is 0 Å². The Morgan fingerprint density at radius 3 is 1.70 bits per heavy atom. The van der Waals surface area contributed by atoms with Crippen LogP contribution in [0, 0.1) is 0 Å². The standard InChI is InChI=1S/C64H42N2O/c1-3-17-44(18-4-1)51-27-15-19-45-20-16-28-56(64(45)51)53-25-9-13-31-60(53)65(49-37-33-43(34-38-49)46-36-40-63-57(41-46)55-26-10-14-32-62(55)67-63)58-29-11-7-23-50(58)47-35-39-54-52-24-8-12-30-59(52)66(61(54)42-47)48-21-5-2-6-22-48/h1-42H. The fourth-order valence-corrected chi connectivity index (χ4v) is 10.3. The first-order valence-corrected chi connectivity index (χ1v) is 22.9. The maximum atomic E-state index is 6.21. The Balaban J connectivity index is 1.02. The molecule has 0 radical (unpaired) electrons. The number of hydrogen-bond acceptors (Lipinski definition) is 2. The van der Waals surface area contributed by atoms with Gasteiger partial charge in [-0.15, -0.1) is 0 Å². The fraction of sp³-hybridized carbons (Fsp3) is 0. The van der Waals surface area contributed by atoms with Crippen LogP contribution in [0.5, 0.6) is 0 Å². The highest BCUT2D eigenvalue weighted by Crippen LogP contribution is 2.48. The first-order valence-electron chi connectivity index (χ1n) is 22.9. The number of fused-ring (bicyclic) bond motifs is 7. The van der Waals surface area contributed by atoms with Crippen LogP contribution in [0.3, 0.4) is 0 Å². The molecule has 13 rings (SSSR count). The van der Waals surface area contributed by atoms with Crippen LogP contribution >= 0.6 is 0 Å². The molecule has 13 aromatic rings. The molecule has 0 aliphatic rings. The van der Waals surface area contributed by atoms with Crippen molar-refractivity contribution in [2.45, 2.75) is 0 Å². The normalized spacial score (nSPS) is 11.6. The number of rotatable bonds is 8. The molecule has 0 fully saturated rings. The molecule has 0 aliphatic carbocycles. The van der Waals surface area contributed by atoms with Gasteiger partial charge < -0.3 is 13.9 Å². The van der Waals surface area contributed by atoms with Crippen molar-refractivity contribution in [3.05, 3.63) is 255 Å². The molecule has 0 aliphatic heterocycles. The molecule has 0 atom stereocenters. The van der Waals surface area contributed by atoms with Gasteiger partial charge in [-0.2, -0.15) is 0 Å². The Labute approximate surface area is 388 Å².